The van der Waals surface area contributed by atoms with Crippen LogP contribution in [0.15, 0.2) is 62.5 Å². The minimum atomic E-state index is -5.08. The molecular weight excluding hydrogens is 593 g/mol. The molecule has 3 aromatic rings. The third-order valence-electron chi connectivity index (χ3n) is 4.38. The van der Waals surface area contributed by atoms with E-state index in [0.29, 0.717) is 29.7 Å². The molecule has 2 N–H and O–H groups in total. The van der Waals surface area contributed by atoms with E-state index in [1.54, 1.807) is 23.6 Å². The Bertz CT molecular complexity index is 1410. The van der Waals surface area contributed by atoms with Crippen molar-refractivity contribution >= 4 is 65.5 Å². The number of thiazole rings is 1. The molecule has 11 nitrogen and oxygen atoms in total. The number of aromatic nitrogens is 1. The van der Waals surface area contributed by atoms with Crippen molar-refractivity contribution in [2.24, 2.45) is 5.11 Å². The molecule has 0 fully saturated rings. The maximum absolute atomic E-state index is 12.6. The first kappa shape index (κ1) is 27.1. The second-order valence-corrected chi connectivity index (χ2v) is 10.1. The normalized spacial score (nSPS) is 12.8. The second-order valence-electron chi connectivity index (χ2n) is 6.70. The number of hydrogen-bond acceptors (Lipinski definition) is 8. The molecule has 2 heterocycles. The average Bonchev–Trinajstić information content (AvgIpc) is 3.31. The molecule has 0 unspecified atom stereocenters. The van der Waals surface area contributed by atoms with Gasteiger partial charge >= 0.3 is 12.1 Å². The van der Waals surface area contributed by atoms with Crippen molar-refractivity contribution in [1.29, 1.82) is 0 Å². The van der Waals surface area contributed by atoms with Gasteiger partial charge in [-0.05, 0) is 45.7 Å². The molecule has 4 rings (SSSR count). The summed E-state index contributed by atoms with van der Waals surface area (Å²) < 4.78 is 65.9. The van der Waals surface area contributed by atoms with E-state index in [0.717, 1.165) is 15.8 Å². The van der Waals surface area contributed by atoms with E-state index in [1.807, 2.05) is 11.0 Å². The molecule has 1 aliphatic rings. The predicted octanol–water partition coefficient (Wildman–Crippen LogP) is 5.81. The van der Waals surface area contributed by atoms with E-state index in [4.69, 9.17) is 20.2 Å². The molecule has 0 radical (unpaired) electrons. The van der Waals surface area contributed by atoms with Gasteiger partial charge in [-0.25, -0.2) is 18.2 Å². The van der Waals surface area contributed by atoms with Crippen LogP contribution in [-0.2, 0) is 14.8 Å². The van der Waals surface area contributed by atoms with Gasteiger partial charge in [0.15, 0.2) is 5.13 Å². The van der Waals surface area contributed by atoms with Crippen molar-refractivity contribution in [2.45, 2.75) is 11.1 Å². The molecule has 1 aromatic heterocycles. The van der Waals surface area contributed by atoms with Crippen LogP contribution in [0, 0.1) is 0 Å². The largest absolute Gasteiger partial charge is 0.490 e. The lowest BCUT2D eigenvalue weighted by Crippen LogP contribution is -2.29. The van der Waals surface area contributed by atoms with E-state index in [-0.39, 0.29) is 4.90 Å². The minimum Gasteiger partial charge on any atom is -0.489 e. The van der Waals surface area contributed by atoms with Crippen LogP contribution in [0.5, 0.6) is 5.75 Å². The Morgan fingerprint density at radius 3 is 2.56 bits per heavy atom. The zero-order valence-electron chi connectivity index (χ0n) is 17.7. The fourth-order valence-corrected chi connectivity index (χ4v) is 5.28. The topological polar surface area (TPSA) is 158 Å². The Balaban J connectivity index is 0.000000454. The van der Waals surface area contributed by atoms with E-state index < -0.39 is 22.2 Å². The second kappa shape index (κ2) is 11.0. The highest BCUT2D eigenvalue weighted by Crippen LogP contribution is 2.41. The van der Waals surface area contributed by atoms with Crippen molar-refractivity contribution in [2.75, 3.05) is 22.8 Å². The highest BCUT2D eigenvalue weighted by Gasteiger charge is 2.38. The van der Waals surface area contributed by atoms with Gasteiger partial charge in [-0.2, -0.15) is 13.2 Å². The third-order valence-corrected chi connectivity index (χ3v) is 7.17. The molecule has 36 heavy (non-hydrogen) atoms. The molecule has 0 aliphatic carbocycles. The summed E-state index contributed by atoms with van der Waals surface area (Å²) in [6.45, 7) is 0.969. The summed E-state index contributed by atoms with van der Waals surface area (Å²) in [4.78, 5) is 17.7. The Labute approximate surface area is 214 Å². The van der Waals surface area contributed by atoms with Gasteiger partial charge in [0.05, 0.1) is 22.8 Å². The molecular formula is C19H14BrF3N6O5S2. The SMILES string of the molecule is O=C(O)C(F)(F)F.[N-]=[N+]=Nc1ccc(N2CCOc3cc(S(=O)(=O)Nc4nccs4)ccc32)c(Br)c1. The van der Waals surface area contributed by atoms with Crippen molar-refractivity contribution < 1.29 is 36.2 Å². The maximum Gasteiger partial charge on any atom is 0.490 e. The molecule has 0 amide bonds. The van der Waals surface area contributed by atoms with Gasteiger partial charge in [0.2, 0.25) is 0 Å². The quantitative estimate of drug-likeness (QED) is 0.210. The molecule has 0 saturated carbocycles. The van der Waals surface area contributed by atoms with Crippen LogP contribution < -0.4 is 14.4 Å². The number of halogens is 4. The monoisotopic (exact) mass is 606 g/mol. The molecule has 190 valence electrons. The van der Waals surface area contributed by atoms with Gasteiger partial charge in [0, 0.05) is 32.7 Å². The van der Waals surface area contributed by atoms with Crippen LogP contribution >= 0.6 is 27.3 Å². The number of sulfonamides is 1. The van der Waals surface area contributed by atoms with Crippen molar-refractivity contribution in [1.82, 2.24) is 4.98 Å². The number of aliphatic carboxylic acids is 1. The van der Waals surface area contributed by atoms with Crippen molar-refractivity contribution in [3.63, 3.8) is 0 Å². The van der Waals surface area contributed by atoms with E-state index in [2.05, 4.69) is 35.7 Å². The first-order valence-corrected chi connectivity index (χ1v) is 12.7. The predicted molar refractivity (Wildman–Crippen MR) is 129 cm³/mol. The van der Waals surface area contributed by atoms with Crippen LogP contribution in [0.1, 0.15) is 0 Å². The van der Waals surface area contributed by atoms with Gasteiger partial charge in [-0.3, -0.25) is 4.72 Å². The van der Waals surface area contributed by atoms with E-state index >= 15 is 0 Å². The number of nitrogens with zero attached hydrogens (tertiary/aromatic N) is 5. The molecule has 1 aliphatic heterocycles. The van der Waals surface area contributed by atoms with Crippen LogP contribution in [0.3, 0.4) is 0 Å². The summed E-state index contributed by atoms with van der Waals surface area (Å²) in [5, 5.41) is 12.7. The number of anilines is 3. The number of carboxylic acid groups (broad SMARTS) is 1. The molecule has 2 aromatic carbocycles. The first-order valence-electron chi connectivity index (χ1n) is 9.54. The molecule has 17 heteroatoms. The summed E-state index contributed by atoms with van der Waals surface area (Å²) in [6, 6.07) is 10.0. The van der Waals surface area contributed by atoms with Gasteiger partial charge in [0.25, 0.3) is 10.0 Å². The zero-order valence-corrected chi connectivity index (χ0v) is 20.9. The lowest BCUT2D eigenvalue weighted by atomic mass is 10.2. The lowest BCUT2D eigenvalue weighted by molar-refractivity contribution is -0.192. The number of carboxylic acids is 1. The van der Waals surface area contributed by atoms with Crippen LogP contribution in [0.4, 0.5) is 35.4 Å². The Morgan fingerprint density at radius 2 is 1.97 bits per heavy atom. The summed E-state index contributed by atoms with van der Waals surface area (Å²) in [5.74, 6) is -2.29. The van der Waals surface area contributed by atoms with Crippen LogP contribution in [0.2, 0.25) is 0 Å². The Kier molecular flexibility index (Phi) is 8.29. The van der Waals surface area contributed by atoms with Crippen molar-refractivity contribution in [3.8, 4) is 5.75 Å². The summed E-state index contributed by atoms with van der Waals surface area (Å²) in [5.41, 5.74) is 10.7. The lowest BCUT2D eigenvalue weighted by Gasteiger charge is -2.32. The van der Waals surface area contributed by atoms with Crippen molar-refractivity contribution in [3.05, 3.63) is 62.9 Å². The minimum absolute atomic E-state index is 0.0890. The average molecular weight is 607 g/mol. The highest BCUT2D eigenvalue weighted by molar-refractivity contribution is 9.10. The number of hydrogen-bond donors (Lipinski definition) is 2. The summed E-state index contributed by atoms with van der Waals surface area (Å²) in [6.07, 6.45) is -3.55. The van der Waals surface area contributed by atoms with Gasteiger partial charge in [-0.1, -0.05) is 11.2 Å². The van der Waals surface area contributed by atoms with E-state index in [9.17, 15) is 21.6 Å². The Hall–Kier alpha value is -3.53. The molecule has 0 spiro atoms. The fraction of sp³-hybridized carbons (Fsp3) is 0.158. The highest BCUT2D eigenvalue weighted by atomic mass is 79.9. The van der Waals surface area contributed by atoms with Gasteiger partial charge in [0.1, 0.15) is 12.4 Å². The number of azide groups is 1. The smallest absolute Gasteiger partial charge is 0.489 e. The molecule has 0 bridgehead atoms. The molecule has 0 atom stereocenters. The van der Waals surface area contributed by atoms with Crippen LogP contribution in [0.25, 0.3) is 10.4 Å². The summed E-state index contributed by atoms with van der Waals surface area (Å²) >= 11 is 4.71. The van der Waals surface area contributed by atoms with Gasteiger partial charge in [-0.15, -0.1) is 11.3 Å². The number of benzene rings is 2. The van der Waals surface area contributed by atoms with E-state index in [1.165, 1.54) is 29.7 Å². The standard InChI is InChI=1S/C17H13BrN6O3S2.C2HF3O2/c18-13-9-11(21-23-19)1-3-14(13)24-6-7-27-16-10-12(2-4-15(16)24)29(25,26)22-17-20-5-8-28-17;3-2(4,5)1(6)7/h1-5,8-10H,6-7H2,(H,20,22);(H,6,7). The maximum atomic E-state index is 12.6. The van der Waals surface area contributed by atoms with Gasteiger partial charge < -0.3 is 14.7 Å². The number of ether oxygens (including phenoxy) is 1. The molecule has 0 saturated heterocycles. The fourth-order valence-electron chi connectivity index (χ4n) is 2.89. The number of carbonyl (C=O) groups is 1. The number of fused-ring (bicyclic) bond motifs is 1. The summed E-state index contributed by atoms with van der Waals surface area (Å²) in [7, 11) is -3.78. The Morgan fingerprint density at radius 1 is 1.28 bits per heavy atom. The third kappa shape index (κ3) is 6.57. The van der Waals surface area contributed by atoms with Crippen LogP contribution in [-0.4, -0.2) is 43.8 Å². The number of rotatable bonds is 5. The zero-order chi connectivity index (χ0) is 26.5. The number of nitrogens with one attached hydrogen (secondary N) is 1. The number of alkyl halides is 3. The first-order chi connectivity index (χ1) is 16.9.